The maximum Gasteiger partial charge on any atom is 0.339 e. The van der Waals surface area contributed by atoms with Crippen LogP contribution < -0.4 is 5.32 Å². The molecular formula is C14H11ClF2N2O2. The minimum atomic E-state index is -1.14. The molecule has 2 aromatic rings. The van der Waals surface area contributed by atoms with Crippen LogP contribution in [-0.2, 0) is 6.42 Å². The molecule has 0 atom stereocenters. The SMILES string of the molecule is O=C(O)c1ccc(Cl)nc1NCCc1cc(F)cc(F)c1. The Bertz CT molecular complexity index is 660. The van der Waals surface area contributed by atoms with Gasteiger partial charge in [-0.25, -0.2) is 18.6 Å². The summed E-state index contributed by atoms with van der Waals surface area (Å²) in [6, 6.07) is 5.93. The van der Waals surface area contributed by atoms with Crippen molar-refractivity contribution < 1.29 is 18.7 Å². The zero-order valence-electron chi connectivity index (χ0n) is 10.7. The van der Waals surface area contributed by atoms with Crippen molar-refractivity contribution in [3.8, 4) is 0 Å². The van der Waals surface area contributed by atoms with E-state index in [1.54, 1.807) is 0 Å². The van der Waals surface area contributed by atoms with Gasteiger partial charge in [-0.3, -0.25) is 0 Å². The third-order valence-electron chi connectivity index (χ3n) is 2.72. The highest BCUT2D eigenvalue weighted by Crippen LogP contribution is 2.17. The van der Waals surface area contributed by atoms with Crippen LogP contribution in [-0.4, -0.2) is 22.6 Å². The van der Waals surface area contributed by atoms with E-state index in [4.69, 9.17) is 16.7 Å². The van der Waals surface area contributed by atoms with Gasteiger partial charge in [0.05, 0.1) is 0 Å². The van der Waals surface area contributed by atoms with E-state index < -0.39 is 17.6 Å². The van der Waals surface area contributed by atoms with E-state index in [1.165, 1.54) is 24.3 Å². The van der Waals surface area contributed by atoms with E-state index in [0.717, 1.165) is 6.07 Å². The van der Waals surface area contributed by atoms with E-state index in [9.17, 15) is 13.6 Å². The van der Waals surface area contributed by atoms with Gasteiger partial charge < -0.3 is 10.4 Å². The van der Waals surface area contributed by atoms with Gasteiger partial charge in [-0.15, -0.1) is 0 Å². The van der Waals surface area contributed by atoms with Crippen molar-refractivity contribution in [2.24, 2.45) is 0 Å². The van der Waals surface area contributed by atoms with Crippen molar-refractivity contribution in [1.29, 1.82) is 0 Å². The highest BCUT2D eigenvalue weighted by molar-refractivity contribution is 6.29. The normalized spacial score (nSPS) is 10.4. The van der Waals surface area contributed by atoms with Gasteiger partial charge in [0, 0.05) is 12.6 Å². The monoisotopic (exact) mass is 312 g/mol. The number of carbonyl (C=O) groups is 1. The third kappa shape index (κ3) is 4.13. The van der Waals surface area contributed by atoms with Gasteiger partial charge in [0.1, 0.15) is 28.2 Å². The van der Waals surface area contributed by atoms with Crippen LogP contribution in [0.3, 0.4) is 0 Å². The van der Waals surface area contributed by atoms with Crippen LogP contribution in [0.5, 0.6) is 0 Å². The predicted molar refractivity (Wildman–Crippen MR) is 74.8 cm³/mol. The second-order valence-corrected chi connectivity index (χ2v) is 4.68. The van der Waals surface area contributed by atoms with Crippen LogP contribution in [0.4, 0.5) is 14.6 Å². The highest BCUT2D eigenvalue weighted by Gasteiger charge is 2.11. The number of benzene rings is 1. The number of pyridine rings is 1. The minimum absolute atomic E-state index is 0.0233. The minimum Gasteiger partial charge on any atom is -0.478 e. The molecule has 0 spiro atoms. The molecule has 0 amide bonds. The topological polar surface area (TPSA) is 62.2 Å². The summed E-state index contributed by atoms with van der Waals surface area (Å²) in [7, 11) is 0. The van der Waals surface area contributed by atoms with Crippen molar-refractivity contribution in [2.45, 2.75) is 6.42 Å². The molecule has 0 saturated carbocycles. The summed E-state index contributed by atoms with van der Waals surface area (Å²) in [6.07, 6.45) is 0.307. The largest absolute Gasteiger partial charge is 0.478 e. The average molecular weight is 313 g/mol. The third-order valence-corrected chi connectivity index (χ3v) is 2.93. The number of carboxylic acid groups (broad SMARTS) is 1. The summed E-state index contributed by atoms with van der Waals surface area (Å²) in [6.45, 7) is 0.260. The molecule has 0 bridgehead atoms. The summed E-state index contributed by atoms with van der Waals surface area (Å²) in [4.78, 5) is 14.9. The van der Waals surface area contributed by atoms with E-state index in [0.29, 0.717) is 12.0 Å². The Morgan fingerprint density at radius 1 is 1.24 bits per heavy atom. The first-order valence-electron chi connectivity index (χ1n) is 6.04. The number of nitrogens with one attached hydrogen (secondary N) is 1. The Morgan fingerprint density at radius 3 is 2.52 bits per heavy atom. The Hall–Kier alpha value is -2.21. The molecule has 2 rings (SSSR count). The van der Waals surface area contributed by atoms with Crippen molar-refractivity contribution in [3.05, 3.63) is 58.2 Å². The molecule has 2 N–H and O–H groups in total. The van der Waals surface area contributed by atoms with Gasteiger partial charge in [0.15, 0.2) is 0 Å². The number of aromatic carboxylic acids is 1. The molecule has 110 valence electrons. The van der Waals surface area contributed by atoms with Gasteiger partial charge in [0.2, 0.25) is 0 Å². The van der Waals surface area contributed by atoms with Gasteiger partial charge in [-0.1, -0.05) is 11.6 Å². The highest BCUT2D eigenvalue weighted by atomic mass is 35.5. The molecule has 7 heteroatoms. The summed E-state index contributed by atoms with van der Waals surface area (Å²) in [5, 5.41) is 12.0. The molecule has 0 saturated heterocycles. The lowest BCUT2D eigenvalue weighted by atomic mass is 10.1. The summed E-state index contributed by atoms with van der Waals surface area (Å²) in [5.74, 6) is -2.33. The smallest absolute Gasteiger partial charge is 0.339 e. The zero-order valence-corrected chi connectivity index (χ0v) is 11.5. The molecule has 0 aliphatic rings. The van der Waals surface area contributed by atoms with Gasteiger partial charge in [0.25, 0.3) is 0 Å². The first-order chi connectivity index (χ1) is 9.95. The van der Waals surface area contributed by atoms with Crippen LogP contribution in [0, 0.1) is 11.6 Å². The lowest BCUT2D eigenvalue weighted by Crippen LogP contribution is -2.11. The molecular weight excluding hydrogens is 302 g/mol. The average Bonchev–Trinajstić information content (AvgIpc) is 2.37. The maximum atomic E-state index is 13.0. The van der Waals surface area contributed by atoms with E-state index in [-0.39, 0.29) is 23.1 Å². The van der Waals surface area contributed by atoms with Crippen LogP contribution >= 0.6 is 11.6 Å². The van der Waals surface area contributed by atoms with Crippen LogP contribution in [0.15, 0.2) is 30.3 Å². The molecule has 0 aliphatic carbocycles. The molecule has 1 heterocycles. The molecule has 1 aromatic carbocycles. The maximum absolute atomic E-state index is 13.0. The number of aromatic nitrogens is 1. The molecule has 0 fully saturated rings. The van der Waals surface area contributed by atoms with Gasteiger partial charge in [-0.2, -0.15) is 0 Å². The van der Waals surface area contributed by atoms with Gasteiger partial charge in [-0.05, 0) is 36.2 Å². The van der Waals surface area contributed by atoms with E-state index in [2.05, 4.69) is 10.3 Å². The fourth-order valence-corrected chi connectivity index (χ4v) is 1.97. The second kappa shape index (κ2) is 6.49. The van der Waals surface area contributed by atoms with Crippen LogP contribution in [0.1, 0.15) is 15.9 Å². The number of anilines is 1. The standard InChI is InChI=1S/C14H11ClF2N2O2/c15-12-2-1-11(14(20)21)13(19-12)18-4-3-8-5-9(16)7-10(17)6-8/h1-2,5-7H,3-4H2,(H,18,19)(H,20,21). The van der Waals surface area contributed by atoms with Crippen molar-refractivity contribution >= 4 is 23.4 Å². The van der Waals surface area contributed by atoms with E-state index in [1.807, 2.05) is 0 Å². The Kier molecular flexibility index (Phi) is 4.70. The zero-order chi connectivity index (χ0) is 15.4. The number of rotatable bonds is 5. The molecule has 1 aromatic heterocycles. The summed E-state index contributed by atoms with van der Waals surface area (Å²) < 4.78 is 26.1. The summed E-state index contributed by atoms with van der Waals surface area (Å²) >= 11 is 5.72. The first-order valence-corrected chi connectivity index (χ1v) is 6.42. The molecule has 0 unspecified atom stereocenters. The number of hydrogen-bond acceptors (Lipinski definition) is 3. The van der Waals surface area contributed by atoms with Gasteiger partial charge >= 0.3 is 5.97 Å². The quantitative estimate of drug-likeness (QED) is 0.831. The number of carboxylic acids is 1. The number of nitrogens with zero attached hydrogens (tertiary/aromatic N) is 1. The second-order valence-electron chi connectivity index (χ2n) is 4.29. The lowest BCUT2D eigenvalue weighted by molar-refractivity contribution is 0.0697. The number of halogens is 3. The first kappa shape index (κ1) is 15.2. The molecule has 0 aliphatic heterocycles. The molecule has 21 heavy (non-hydrogen) atoms. The molecule has 0 radical (unpaired) electrons. The fraction of sp³-hybridized carbons (Fsp3) is 0.143. The lowest BCUT2D eigenvalue weighted by Gasteiger charge is -2.09. The van der Waals surface area contributed by atoms with Crippen molar-refractivity contribution in [2.75, 3.05) is 11.9 Å². The molecule has 4 nitrogen and oxygen atoms in total. The van der Waals surface area contributed by atoms with Crippen LogP contribution in [0.25, 0.3) is 0 Å². The van der Waals surface area contributed by atoms with Crippen molar-refractivity contribution in [3.63, 3.8) is 0 Å². The van der Waals surface area contributed by atoms with Crippen molar-refractivity contribution in [1.82, 2.24) is 4.98 Å². The van der Waals surface area contributed by atoms with E-state index >= 15 is 0 Å². The Morgan fingerprint density at radius 2 is 1.90 bits per heavy atom. The Labute approximate surface area is 124 Å². The summed E-state index contributed by atoms with van der Waals surface area (Å²) in [5.41, 5.74) is 0.434. The Balaban J connectivity index is 2.06. The predicted octanol–water partition coefficient (Wildman–Crippen LogP) is 3.37. The fourth-order valence-electron chi connectivity index (χ4n) is 1.82. The van der Waals surface area contributed by atoms with Crippen LogP contribution in [0.2, 0.25) is 5.15 Å². The number of hydrogen-bond donors (Lipinski definition) is 2.